The molecule has 3 N–H and O–H groups in total. The zero-order valence-corrected chi connectivity index (χ0v) is 10.8. The summed E-state index contributed by atoms with van der Waals surface area (Å²) in [5.74, 6) is 0.0384. The lowest BCUT2D eigenvalue weighted by molar-refractivity contribution is -0.120. The van der Waals surface area contributed by atoms with Gasteiger partial charge in [0.1, 0.15) is 0 Å². The molecule has 0 aromatic carbocycles. The van der Waals surface area contributed by atoms with E-state index in [1.165, 1.54) is 0 Å². The molecule has 0 aromatic heterocycles. The van der Waals surface area contributed by atoms with E-state index in [4.69, 9.17) is 9.84 Å². The molecule has 102 valence electrons. The summed E-state index contributed by atoms with van der Waals surface area (Å²) in [4.78, 5) is 11.3. The summed E-state index contributed by atoms with van der Waals surface area (Å²) in [6.45, 7) is 2.87. The number of carbonyl (C=O) groups excluding carboxylic acids is 1. The largest absolute Gasteiger partial charge is 0.396 e. The first-order valence-electron chi connectivity index (χ1n) is 6.38. The molecule has 0 radical (unpaired) electrons. The molecule has 17 heavy (non-hydrogen) atoms. The van der Waals surface area contributed by atoms with Crippen LogP contribution in [-0.2, 0) is 9.53 Å². The van der Waals surface area contributed by atoms with Crippen molar-refractivity contribution < 1.29 is 14.6 Å². The van der Waals surface area contributed by atoms with Crippen LogP contribution in [0.5, 0.6) is 0 Å². The van der Waals surface area contributed by atoms with Gasteiger partial charge in [-0.15, -0.1) is 0 Å². The van der Waals surface area contributed by atoms with Gasteiger partial charge in [0.2, 0.25) is 5.91 Å². The molecule has 0 bridgehead atoms. The molecular weight excluding hydrogens is 220 g/mol. The van der Waals surface area contributed by atoms with Crippen LogP contribution in [0.1, 0.15) is 32.1 Å². The number of methoxy groups -OCH3 is 1. The van der Waals surface area contributed by atoms with Crippen molar-refractivity contribution in [1.29, 1.82) is 0 Å². The molecule has 0 saturated heterocycles. The number of hydrogen-bond donors (Lipinski definition) is 3. The van der Waals surface area contributed by atoms with Crippen molar-refractivity contribution in [3.63, 3.8) is 0 Å². The first-order chi connectivity index (χ1) is 8.31. The van der Waals surface area contributed by atoms with Gasteiger partial charge in [0, 0.05) is 26.9 Å². The predicted octanol–water partition coefficient (Wildman–Crippen LogP) is 0.281. The summed E-state index contributed by atoms with van der Waals surface area (Å²) in [6, 6.07) is 0. The molecule has 0 fully saturated rings. The molecule has 0 aliphatic carbocycles. The van der Waals surface area contributed by atoms with Crippen LogP contribution in [0, 0.1) is 0 Å². The van der Waals surface area contributed by atoms with Gasteiger partial charge in [-0.25, -0.2) is 0 Å². The molecule has 0 aromatic rings. The van der Waals surface area contributed by atoms with Crippen molar-refractivity contribution in [2.24, 2.45) is 0 Å². The third-order valence-corrected chi connectivity index (χ3v) is 2.39. The number of aliphatic hydroxyl groups is 1. The summed E-state index contributed by atoms with van der Waals surface area (Å²) in [5.41, 5.74) is 0. The van der Waals surface area contributed by atoms with E-state index >= 15 is 0 Å². The molecule has 0 aliphatic rings. The molecule has 5 heteroatoms. The highest BCUT2D eigenvalue weighted by molar-refractivity contribution is 5.77. The Morgan fingerprint density at radius 3 is 2.59 bits per heavy atom. The first-order valence-corrected chi connectivity index (χ1v) is 6.38. The van der Waals surface area contributed by atoms with Crippen LogP contribution in [0.3, 0.4) is 0 Å². The highest BCUT2D eigenvalue weighted by Gasteiger charge is 1.98. The lowest BCUT2D eigenvalue weighted by atomic mass is 10.2. The maximum Gasteiger partial charge on any atom is 0.233 e. The van der Waals surface area contributed by atoms with Gasteiger partial charge in [-0.1, -0.05) is 12.8 Å². The Morgan fingerprint density at radius 2 is 1.88 bits per heavy atom. The normalized spacial score (nSPS) is 10.5. The molecule has 5 nitrogen and oxygen atoms in total. The van der Waals surface area contributed by atoms with Crippen LogP contribution >= 0.6 is 0 Å². The van der Waals surface area contributed by atoms with E-state index in [9.17, 15) is 4.79 Å². The van der Waals surface area contributed by atoms with Crippen LogP contribution in [0.25, 0.3) is 0 Å². The smallest absolute Gasteiger partial charge is 0.233 e. The molecule has 0 saturated carbocycles. The van der Waals surface area contributed by atoms with Crippen molar-refractivity contribution in [1.82, 2.24) is 10.6 Å². The van der Waals surface area contributed by atoms with E-state index in [2.05, 4.69) is 10.6 Å². The van der Waals surface area contributed by atoms with E-state index < -0.39 is 0 Å². The van der Waals surface area contributed by atoms with Crippen molar-refractivity contribution in [2.75, 3.05) is 40.0 Å². The average molecular weight is 246 g/mol. The van der Waals surface area contributed by atoms with Crippen molar-refractivity contribution in [3.05, 3.63) is 0 Å². The molecule has 0 aliphatic heterocycles. The SMILES string of the molecule is COCCCNC(=O)CNCCCCCCO. The maximum atomic E-state index is 11.3. The second-order valence-electron chi connectivity index (χ2n) is 4.01. The van der Waals surface area contributed by atoms with Crippen LogP contribution in [0.2, 0.25) is 0 Å². The minimum Gasteiger partial charge on any atom is -0.396 e. The second-order valence-corrected chi connectivity index (χ2v) is 4.01. The average Bonchev–Trinajstić information content (AvgIpc) is 2.33. The topological polar surface area (TPSA) is 70.6 Å². The van der Waals surface area contributed by atoms with Gasteiger partial charge in [0.05, 0.1) is 6.54 Å². The maximum absolute atomic E-state index is 11.3. The number of carbonyl (C=O) groups is 1. The summed E-state index contributed by atoms with van der Waals surface area (Å²) in [5, 5.41) is 14.5. The number of aliphatic hydroxyl groups excluding tert-OH is 1. The molecule has 0 atom stereocenters. The molecule has 0 rings (SSSR count). The number of unbranched alkanes of at least 4 members (excludes halogenated alkanes) is 3. The van der Waals surface area contributed by atoms with Gasteiger partial charge < -0.3 is 20.5 Å². The summed E-state index contributed by atoms with van der Waals surface area (Å²) in [6.07, 6.45) is 4.94. The Morgan fingerprint density at radius 1 is 1.12 bits per heavy atom. The number of ether oxygens (including phenoxy) is 1. The Bertz CT molecular complexity index is 177. The minimum absolute atomic E-state index is 0.0384. The number of hydrogen-bond acceptors (Lipinski definition) is 4. The van der Waals surface area contributed by atoms with Gasteiger partial charge in [-0.3, -0.25) is 4.79 Å². The Hall–Kier alpha value is -0.650. The molecule has 0 spiro atoms. The van der Waals surface area contributed by atoms with Crippen LogP contribution in [0.4, 0.5) is 0 Å². The standard InChI is InChI=1S/C12H26N2O3/c1-17-10-6-8-14-12(16)11-13-7-4-2-3-5-9-15/h13,15H,2-11H2,1H3,(H,14,16). The zero-order valence-electron chi connectivity index (χ0n) is 10.8. The van der Waals surface area contributed by atoms with Crippen molar-refractivity contribution in [2.45, 2.75) is 32.1 Å². The third-order valence-electron chi connectivity index (χ3n) is 2.39. The molecule has 0 unspecified atom stereocenters. The number of rotatable bonds is 12. The van der Waals surface area contributed by atoms with Crippen molar-refractivity contribution >= 4 is 5.91 Å². The second kappa shape index (κ2) is 13.4. The lowest BCUT2D eigenvalue weighted by Gasteiger charge is -2.06. The van der Waals surface area contributed by atoms with E-state index in [0.29, 0.717) is 19.7 Å². The zero-order chi connectivity index (χ0) is 12.8. The minimum atomic E-state index is 0.0384. The Balaban J connectivity index is 3.11. The lowest BCUT2D eigenvalue weighted by Crippen LogP contribution is -2.35. The fourth-order valence-electron chi connectivity index (χ4n) is 1.42. The highest BCUT2D eigenvalue weighted by Crippen LogP contribution is 1.97. The monoisotopic (exact) mass is 246 g/mol. The fraction of sp³-hybridized carbons (Fsp3) is 0.917. The highest BCUT2D eigenvalue weighted by atomic mass is 16.5. The van der Waals surface area contributed by atoms with Crippen molar-refractivity contribution in [3.8, 4) is 0 Å². The van der Waals surface area contributed by atoms with Gasteiger partial charge in [0.25, 0.3) is 0 Å². The van der Waals surface area contributed by atoms with E-state index in [0.717, 1.165) is 38.6 Å². The Kier molecular flexibility index (Phi) is 12.9. The van der Waals surface area contributed by atoms with Crippen LogP contribution in [0.15, 0.2) is 0 Å². The first kappa shape index (κ1) is 16.4. The molecule has 1 amide bonds. The van der Waals surface area contributed by atoms with E-state index in [1.807, 2.05) is 0 Å². The summed E-state index contributed by atoms with van der Waals surface area (Å²) >= 11 is 0. The van der Waals surface area contributed by atoms with Gasteiger partial charge in [0.15, 0.2) is 0 Å². The number of amides is 1. The molecule has 0 heterocycles. The van der Waals surface area contributed by atoms with Gasteiger partial charge >= 0.3 is 0 Å². The third kappa shape index (κ3) is 13.3. The number of nitrogens with one attached hydrogen (secondary N) is 2. The molecular formula is C12H26N2O3. The summed E-state index contributed by atoms with van der Waals surface area (Å²) < 4.78 is 4.88. The predicted molar refractivity (Wildman–Crippen MR) is 67.9 cm³/mol. The van der Waals surface area contributed by atoms with Crippen LogP contribution in [-0.4, -0.2) is 51.0 Å². The van der Waals surface area contributed by atoms with E-state index in [1.54, 1.807) is 7.11 Å². The Labute approximate surface area is 104 Å². The summed E-state index contributed by atoms with van der Waals surface area (Å²) in [7, 11) is 1.65. The van der Waals surface area contributed by atoms with E-state index in [-0.39, 0.29) is 12.5 Å². The quantitative estimate of drug-likeness (QED) is 0.433. The van der Waals surface area contributed by atoms with Gasteiger partial charge in [-0.2, -0.15) is 0 Å². The van der Waals surface area contributed by atoms with Gasteiger partial charge in [-0.05, 0) is 25.8 Å². The van der Waals surface area contributed by atoms with Crippen LogP contribution < -0.4 is 10.6 Å². The fourth-order valence-corrected chi connectivity index (χ4v) is 1.42.